The second kappa shape index (κ2) is 7.37. The normalized spacial score (nSPS) is 12.0. The SMILES string of the molecule is Cc1nn(C)c(NCC(O)c2ccc(-c3ccccc3)cc2)c1[N+](=O)[O-]. The van der Waals surface area contributed by atoms with Gasteiger partial charge in [0, 0.05) is 13.6 Å². The Morgan fingerprint density at radius 1 is 1.15 bits per heavy atom. The second-order valence-corrected chi connectivity index (χ2v) is 6.05. The van der Waals surface area contributed by atoms with E-state index in [-0.39, 0.29) is 18.1 Å². The number of aromatic nitrogens is 2. The molecular formula is C19H20N4O3. The van der Waals surface area contributed by atoms with Gasteiger partial charge in [-0.25, -0.2) is 4.68 Å². The average Bonchev–Trinajstić information content (AvgIpc) is 2.94. The number of aliphatic hydroxyl groups is 1. The van der Waals surface area contributed by atoms with E-state index in [1.807, 2.05) is 54.6 Å². The van der Waals surface area contributed by atoms with Crippen LogP contribution in [-0.4, -0.2) is 26.4 Å². The number of hydrogen-bond donors (Lipinski definition) is 2. The molecule has 0 saturated carbocycles. The number of nitrogens with one attached hydrogen (secondary N) is 1. The molecule has 134 valence electrons. The van der Waals surface area contributed by atoms with Crippen LogP contribution in [-0.2, 0) is 7.05 Å². The van der Waals surface area contributed by atoms with E-state index in [4.69, 9.17) is 0 Å². The van der Waals surface area contributed by atoms with E-state index in [1.54, 1.807) is 14.0 Å². The molecule has 1 heterocycles. The monoisotopic (exact) mass is 352 g/mol. The van der Waals surface area contributed by atoms with Crippen molar-refractivity contribution in [3.05, 3.63) is 76.0 Å². The minimum atomic E-state index is -0.797. The van der Waals surface area contributed by atoms with Gasteiger partial charge in [-0.15, -0.1) is 0 Å². The Morgan fingerprint density at radius 3 is 2.38 bits per heavy atom. The summed E-state index contributed by atoms with van der Waals surface area (Å²) in [5, 5.41) is 28.6. The number of nitro groups is 1. The molecule has 7 nitrogen and oxygen atoms in total. The van der Waals surface area contributed by atoms with Gasteiger partial charge in [-0.2, -0.15) is 5.10 Å². The van der Waals surface area contributed by atoms with Gasteiger partial charge in [0.05, 0.1) is 11.0 Å². The molecule has 26 heavy (non-hydrogen) atoms. The minimum Gasteiger partial charge on any atom is -0.387 e. The van der Waals surface area contributed by atoms with Gasteiger partial charge < -0.3 is 10.4 Å². The van der Waals surface area contributed by atoms with Gasteiger partial charge in [-0.05, 0) is 23.6 Å². The molecule has 3 rings (SSSR count). The molecule has 0 fully saturated rings. The van der Waals surface area contributed by atoms with Crippen molar-refractivity contribution < 1.29 is 10.0 Å². The molecular weight excluding hydrogens is 332 g/mol. The van der Waals surface area contributed by atoms with Crippen LogP contribution in [0.2, 0.25) is 0 Å². The number of aryl methyl sites for hydroxylation is 2. The second-order valence-electron chi connectivity index (χ2n) is 6.05. The molecule has 0 spiro atoms. The van der Waals surface area contributed by atoms with Crippen molar-refractivity contribution in [2.24, 2.45) is 7.05 Å². The van der Waals surface area contributed by atoms with E-state index in [2.05, 4.69) is 10.4 Å². The van der Waals surface area contributed by atoms with Gasteiger partial charge in [0.25, 0.3) is 0 Å². The average molecular weight is 352 g/mol. The van der Waals surface area contributed by atoms with Gasteiger partial charge in [0.2, 0.25) is 5.82 Å². The summed E-state index contributed by atoms with van der Waals surface area (Å²) in [5.41, 5.74) is 3.17. The third-order valence-electron chi connectivity index (χ3n) is 4.24. The van der Waals surface area contributed by atoms with Crippen molar-refractivity contribution in [3.8, 4) is 11.1 Å². The third kappa shape index (κ3) is 3.57. The quantitative estimate of drug-likeness (QED) is 0.523. The van der Waals surface area contributed by atoms with Crippen LogP contribution < -0.4 is 5.32 Å². The summed E-state index contributed by atoms with van der Waals surface area (Å²) in [5.74, 6) is 0.285. The summed E-state index contributed by atoms with van der Waals surface area (Å²) in [6, 6.07) is 17.6. The highest BCUT2D eigenvalue weighted by atomic mass is 16.6. The lowest BCUT2D eigenvalue weighted by atomic mass is 10.0. The van der Waals surface area contributed by atoms with E-state index in [0.717, 1.165) is 16.7 Å². The predicted molar refractivity (Wildman–Crippen MR) is 99.9 cm³/mol. The summed E-state index contributed by atoms with van der Waals surface area (Å²) < 4.78 is 1.42. The van der Waals surface area contributed by atoms with Gasteiger partial charge in [-0.1, -0.05) is 54.6 Å². The maximum Gasteiger partial charge on any atom is 0.333 e. The summed E-state index contributed by atoms with van der Waals surface area (Å²) in [6.07, 6.45) is -0.797. The first-order valence-corrected chi connectivity index (χ1v) is 8.22. The zero-order valence-corrected chi connectivity index (χ0v) is 14.6. The van der Waals surface area contributed by atoms with Crippen molar-refractivity contribution in [2.75, 3.05) is 11.9 Å². The van der Waals surface area contributed by atoms with Crippen molar-refractivity contribution in [1.29, 1.82) is 0 Å². The third-order valence-corrected chi connectivity index (χ3v) is 4.24. The number of anilines is 1. The fourth-order valence-corrected chi connectivity index (χ4v) is 2.90. The van der Waals surface area contributed by atoms with Crippen molar-refractivity contribution in [3.63, 3.8) is 0 Å². The molecule has 3 aromatic rings. The number of hydrogen-bond acceptors (Lipinski definition) is 5. The standard InChI is InChI=1S/C19H20N4O3/c1-13-18(23(25)26)19(22(2)21-13)20-12-17(24)16-10-8-15(9-11-16)14-6-4-3-5-7-14/h3-11,17,20,24H,12H2,1-2H3. The molecule has 0 bridgehead atoms. The summed E-state index contributed by atoms with van der Waals surface area (Å²) in [6.45, 7) is 1.73. The van der Waals surface area contributed by atoms with Crippen LogP contribution in [0.15, 0.2) is 54.6 Å². The molecule has 7 heteroatoms. The Morgan fingerprint density at radius 2 is 1.77 bits per heavy atom. The first kappa shape index (κ1) is 17.6. The van der Waals surface area contributed by atoms with Crippen LogP contribution in [0.3, 0.4) is 0 Å². The van der Waals surface area contributed by atoms with Gasteiger partial charge in [0.1, 0.15) is 5.69 Å². The zero-order chi connectivity index (χ0) is 18.7. The molecule has 0 saturated heterocycles. The first-order valence-electron chi connectivity index (χ1n) is 8.22. The summed E-state index contributed by atoms with van der Waals surface area (Å²) in [7, 11) is 1.63. The van der Waals surface area contributed by atoms with Gasteiger partial charge in [0.15, 0.2) is 0 Å². The van der Waals surface area contributed by atoms with Gasteiger partial charge >= 0.3 is 5.69 Å². The lowest BCUT2D eigenvalue weighted by Gasteiger charge is -2.13. The topological polar surface area (TPSA) is 93.2 Å². The largest absolute Gasteiger partial charge is 0.387 e. The maximum absolute atomic E-state index is 11.2. The van der Waals surface area contributed by atoms with Crippen LogP contribution >= 0.6 is 0 Å². The summed E-state index contributed by atoms with van der Waals surface area (Å²) >= 11 is 0. The van der Waals surface area contributed by atoms with Crippen LogP contribution in [0.1, 0.15) is 17.4 Å². The highest BCUT2D eigenvalue weighted by Gasteiger charge is 2.24. The fourth-order valence-electron chi connectivity index (χ4n) is 2.90. The number of rotatable bonds is 6. The lowest BCUT2D eigenvalue weighted by Crippen LogP contribution is -2.15. The van der Waals surface area contributed by atoms with Crippen LogP contribution in [0.4, 0.5) is 11.5 Å². The molecule has 1 aromatic heterocycles. The van der Waals surface area contributed by atoms with Crippen LogP contribution in [0.5, 0.6) is 0 Å². The summed E-state index contributed by atoms with van der Waals surface area (Å²) in [4.78, 5) is 10.7. The zero-order valence-electron chi connectivity index (χ0n) is 14.6. The first-order chi connectivity index (χ1) is 12.5. The Kier molecular flexibility index (Phi) is 4.99. The Bertz CT molecular complexity index is 905. The Balaban J connectivity index is 1.71. The van der Waals surface area contributed by atoms with Crippen LogP contribution in [0, 0.1) is 17.0 Å². The molecule has 0 aliphatic heterocycles. The minimum absolute atomic E-state index is 0.0703. The highest BCUT2D eigenvalue weighted by molar-refractivity contribution is 5.63. The number of aliphatic hydroxyl groups excluding tert-OH is 1. The molecule has 2 aromatic carbocycles. The highest BCUT2D eigenvalue weighted by Crippen LogP contribution is 2.28. The van der Waals surface area contributed by atoms with E-state index >= 15 is 0 Å². The molecule has 0 aliphatic rings. The van der Waals surface area contributed by atoms with E-state index in [0.29, 0.717) is 5.69 Å². The number of benzene rings is 2. The maximum atomic E-state index is 11.2. The Labute approximate surface area is 151 Å². The molecule has 2 N–H and O–H groups in total. The van der Waals surface area contributed by atoms with Crippen molar-refractivity contribution >= 4 is 11.5 Å². The van der Waals surface area contributed by atoms with Gasteiger partial charge in [-0.3, -0.25) is 10.1 Å². The molecule has 0 amide bonds. The van der Waals surface area contributed by atoms with E-state index in [1.165, 1.54) is 4.68 Å². The van der Waals surface area contributed by atoms with E-state index in [9.17, 15) is 15.2 Å². The molecule has 0 aliphatic carbocycles. The van der Waals surface area contributed by atoms with Crippen molar-refractivity contribution in [2.45, 2.75) is 13.0 Å². The molecule has 0 radical (unpaired) electrons. The number of nitrogens with zero attached hydrogens (tertiary/aromatic N) is 3. The lowest BCUT2D eigenvalue weighted by molar-refractivity contribution is -0.384. The predicted octanol–water partition coefficient (Wildman–Crippen LogP) is 3.45. The smallest absolute Gasteiger partial charge is 0.333 e. The molecule has 1 atom stereocenters. The Hall–Kier alpha value is -3.19. The van der Waals surface area contributed by atoms with Crippen LogP contribution in [0.25, 0.3) is 11.1 Å². The van der Waals surface area contributed by atoms with E-state index < -0.39 is 11.0 Å². The fraction of sp³-hybridized carbons (Fsp3) is 0.211. The van der Waals surface area contributed by atoms with Crippen molar-refractivity contribution in [1.82, 2.24) is 9.78 Å². The molecule has 1 unspecified atom stereocenters.